The Hall–Kier alpha value is -2.54. The van der Waals surface area contributed by atoms with Crippen molar-refractivity contribution in [3.63, 3.8) is 0 Å². The van der Waals surface area contributed by atoms with E-state index >= 15 is 0 Å². The first-order valence-corrected chi connectivity index (χ1v) is 9.06. The molecule has 3 heterocycles. The second kappa shape index (κ2) is 5.74. The SMILES string of the molecule is CCc1[nH]nc(NC(=O)C2CC23CCOC3)c1-c1ccc2c(c1)OCO2. The van der Waals surface area contributed by atoms with Crippen LogP contribution in [0.15, 0.2) is 18.2 Å². The number of hydrogen-bond donors (Lipinski definition) is 2. The molecule has 1 saturated carbocycles. The first kappa shape index (κ1) is 15.7. The second-order valence-corrected chi connectivity index (χ2v) is 7.26. The zero-order valence-electron chi connectivity index (χ0n) is 14.6. The molecule has 136 valence electrons. The van der Waals surface area contributed by atoms with Crippen molar-refractivity contribution >= 4 is 11.7 Å². The van der Waals surface area contributed by atoms with Gasteiger partial charge in [0.2, 0.25) is 12.7 Å². The summed E-state index contributed by atoms with van der Waals surface area (Å²) < 4.78 is 16.4. The Bertz CT molecular complexity index is 870. The van der Waals surface area contributed by atoms with Crippen LogP contribution in [0.5, 0.6) is 11.5 Å². The van der Waals surface area contributed by atoms with Crippen molar-refractivity contribution in [2.75, 3.05) is 25.3 Å². The molecule has 1 aromatic carbocycles. The lowest BCUT2D eigenvalue weighted by Gasteiger charge is -2.09. The summed E-state index contributed by atoms with van der Waals surface area (Å²) in [6.45, 7) is 3.75. The van der Waals surface area contributed by atoms with E-state index in [2.05, 4.69) is 22.4 Å². The molecule has 3 aliphatic rings. The fraction of sp³-hybridized carbons (Fsp3) is 0.474. The molecule has 2 N–H and O–H groups in total. The smallest absolute Gasteiger partial charge is 0.231 e. The van der Waals surface area contributed by atoms with E-state index in [0.29, 0.717) is 18.2 Å². The quantitative estimate of drug-likeness (QED) is 0.881. The van der Waals surface area contributed by atoms with Gasteiger partial charge in [0, 0.05) is 29.2 Å². The third-order valence-corrected chi connectivity index (χ3v) is 5.74. The van der Waals surface area contributed by atoms with Crippen LogP contribution in [0.3, 0.4) is 0 Å². The lowest BCUT2D eigenvalue weighted by Crippen LogP contribution is -2.19. The van der Waals surface area contributed by atoms with Crippen LogP contribution in [0.2, 0.25) is 0 Å². The van der Waals surface area contributed by atoms with Gasteiger partial charge in [-0.3, -0.25) is 9.89 Å². The molecule has 1 aromatic heterocycles. The van der Waals surface area contributed by atoms with Crippen LogP contribution in [0.1, 0.15) is 25.5 Å². The van der Waals surface area contributed by atoms with Crippen molar-refractivity contribution in [2.24, 2.45) is 11.3 Å². The average Bonchev–Trinajstić information content (AvgIpc) is 3.06. The molecule has 1 saturated heterocycles. The molecule has 7 heteroatoms. The summed E-state index contributed by atoms with van der Waals surface area (Å²) in [6.07, 6.45) is 2.66. The fourth-order valence-corrected chi connectivity index (χ4v) is 4.07. The van der Waals surface area contributed by atoms with E-state index in [-0.39, 0.29) is 24.0 Å². The summed E-state index contributed by atoms with van der Waals surface area (Å²) in [5, 5.41) is 10.5. The molecule has 2 unspecified atom stereocenters. The van der Waals surface area contributed by atoms with E-state index in [1.54, 1.807) is 0 Å². The Morgan fingerprint density at radius 1 is 1.38 bits per heavy atom. The van der Waals surface area contributed by atoms with Crippen molar-refractivity contribution < 1.29 is 19.0 Å². The van der Waals surface area contributed by atoms with E-state index in [1.165, 1.54) is 0 Å². The molecule has 2 aromatic rings. The van der Waals surface area contributed by atoms with Crippen LogP contribution in [0, 0.1) is 11.3 Å². The van der Waals surface area contributed by atoms with Crippen LogP contribution in [-0.4, -0.2) is 36.1 Å². The summed E-state index contributed by atoms with van der Waals surface area (Å²) >= 11 is 0. The van der Waals surface area contributed by atoms with Crippen molar-refractivity contribution in [1.29, 1.82) is 0 Å². The van der Waals surface area contributed by atoms with Crippen LogP contribution in [-0.2, 0) is 16.0 Å². The number of amides is 1. The average molecular weight is 355 g/mol. The molecule has 2 atom stereocenters. The minimum Gasteiger partial charge on any atom is -0.454 e. The zero-order valence-corrected chi connectivity index (χ0v) is 14.6. The number of anilines is 1. The molecule has 5 rings (SSSR count). The number of nitrogens with one attached hydrogen (secondary N) is 2. The summed E-state index contributed by atoms with van der Waals surface area (Å²) in [7, 11) is 0. The molecule has 0 radical (unpaired) electrons. The number of aromatic amines is 1. The third kappa shape index (κ3) is 2.38. The maximum absolute atomic E-state index is 12.7. The predicted octanol–water partition coefficient (Wildman–Crippen LogP) is 2.73. The van der Waals surface area contributed by atoms with Gasteiger partial charge in [0.25, 0.3) is 0 Å². The molecule has 1 amide bonds. The Morgan fingerprint density at radius 2 is 2.27 bits per heavy atom. The van der Waals surface area contributed by atoms with Crippen molar-refractivity contribution in [1.82, 2.24) is 10.2 Å². The first-order chi connectivity index (χ1) is 12.7. The summed E-state index contributed by atoms with van der Waals surface area (Å²) in [5.41, 5.74) is 2.91. The number of nitrogens with zero attached hydrogens (tertiary/aromatic N) is 1. The third-order valence-electron chi connectivity index (χ3n) is 5.74. The van der Waals surface area contributed by atoms with E-state index in [9.17, 15) is 4.79 Å². The van der Waals surface area contributed by atoms with E-state index < -0.39 is 0 Å². The minimum atomic E-state index is 0.0244. The van der Waals surface area contributed by atoms with Gasteiger partial charge in [-0.15, -0.1) is 0 Å². The summed E-state index contributed by atoms with van der Waals surface area (Å²) in [4.78, 5) is 12.7. The van der Waals surface area contributed by atoms with Crippen LogP contribution in [0.25, 0.3) is 11.1 Å². The number of hydrogen-bond acceptors (Lipinski definition) is 5. The molecule has 26 heavy (non-hydrogen) atoms. The number of rotatable bonds is 4. The maximum Gasteiger partial charge on any atom is 0.231 e. The van der Waals surface area contributed by atoms with Crippen LogP contribution < -0.4 is 14.8 Å². The highest BCUT2D eigenvalue weighted by Crippen LogP contribution is 2.58. The Labute approximate surface area is 151 Å². The molecular weight excluding hydrogens is 334 g/mol. The minimum absolute atomic E-state index is 0.0244. The summed E-state index contributed by atoms with van der Waals surface area (Å²) in [5.74, 6) is 2.09. The van der Waals surface area contributed by atoms with Crippen molar-refractivity contribution in [2.45, 2.75) is 26.2 Å². The fourth-order valence-electron chi connectivity index (χ4n) is 4.07. The number of aromatic nitrogens is 2. The van der Waals surface area contributed by atoms with E-state index in [1.807, 2.05) is 18.2 Å². The molecule has 2 aliphatic heterocycles. The highest BCUT2D eigenvalue weighted by molar-refractivity contribution is 5.98. The predicted molar refractivity (Wildman–Crippen MR) is 94.1 cm³/mol. The normalized spacial score (nSPS) is 25.7. The molecule has 7 nitrogen and oxygen atoms in total. The lowest BCUT2D eigenvalue weighted by molar-refractivity contribution is -0.118. The van der Waals surface area contributed by atoms with Gasteiger partial charge in [-0.1, -0.05) is 13.0 Å². The Morgan fingerprint density at radius 3 is 3.08 bits per heavy atom. The Kier molecular flexibility index (Phi) is 3.46. The van der Waals surface area contributed by atoms with Crippen LogP contribution >= 0.6 is 0 Å². The van der Waals surface area contributed by atoms with Crippen molar-refractivity contribution in [3.05, 3.63) is 23.9 Å². The number of carbonyl (C=O) groups is 1. The number of fused-ring (bicyclic) bond motifs is 1. The van der Waals surface area contributed by atoms with Crippen LogP contribution in [0.4, 0.5) is 5.82 Å². The van der Waals surface area contributed by atoms with E-state index in [4.69, 9.17) is 14.2 Å². The van der Waals surface area contributed by atoms with Crippen molar-refractivity contribution in [3.8, 4) is 22.6 Å². The standard InChI is InChI=1S/C19H21N3O4/c1-2-13-16(11-3-4-14-15(7-11)26-10-25-14)17(22-21-13)20-18(23)12-8-19(12)5-6-24-9-19/h3-4,7,12H,2,5-6,8-10H2,1H3,(H2,20,21,22,23). The zero-order chi connectivity index (χ0) is 17.7. The molecular formula is C19H21N3O4. The van der Waals surface area contributed by atoms with E-state index in [0.717, 1.165) is 48.4 Å². The molecule has 2 fully saturated rings. The van der Waals surface area contributed by atoms with Gasteiger partial charge in [-0.05, 0) is 37.0 Å². The molecule has 0 bridgehead atoms. The van der Waals surface area contributed by atoms with Gasteiger partial charge >= 0.3 is 0 Å². The number of ether oxygens (including phenoxy) is 3. The highest BCUT2D eigenvalue weighted by Gasteiger charge is 2.59. The molecule has 1 aliphatic carbocycles. The van der Waals surface area contributed by atoms with Gasteiger partial charge in [-0.2, -0.15) is 5.10 Å². The number of H-pyrrole nitrogens is 1. The number of carbonyl (C=O) groups excluding carboxylic acids is 1. The van der Waals surface area contributed by atoms with Gasteiger partial charge < -0.3 is 19.5 Å². The van der Waals surface area contributed by atoms with Gasteiger partial charge in [0.15, 0.2) is 17.3 Å². The summed E-state index contributed by atoms with van der Waals surface area (Å²) in [6, 6.07) is 5.80. The highest BCUT2D eigenvalue weighted by atomic mass is 16.7. The largest absolute Gasteiger partial charge is 0.454 e. The van der Waals surface area contributed by atoms with Gasteiger partial charge in [-0.25, -0.2) is 0 Å². The van der Waals surface area contributed by atoms with Gasteiger partial charge in [0.05, 0.1) is 6.61 Å². The Balaban J connectivity index is 1.43. The topological polar surface area (TPSA) is 85.5 Å². The van der Waals surface area contributed by atoms with Gasteiger partial charge in [0.1, 0.15) is 0 Å². The number of aryl methyl sites for hydroxylation is 1. The lowest BCUT2D eigenvalue weighted by atomic mass is 10.0. The monoisotopic (exact) mass is 355 g/mol. The first-order valence-electron chi connectivity index (χ1n) is 9.06. The maximum atomic E-state index is 12.7. The number of benzene rings is 1. The second-order valence-electron chi connectivity index (χ2n) is 7.26. The molecule has 1 spiro atoms.